The van der Waals surface area contributed by atoms with Crippen LogP contribution in [-0.2, 0) is 0 Å². The third kappa shape index (κ3) is 4.79. The molecule has 138 valence electrons. The number of hydrogen-bond donors (Lipinski definition) is 0. The lowest BCUT2D eigenvalue weighted by molar-refractivity contribution is 0.104. The van der Waals surface area contributed by atoms with E-state index in [4.69, 9.17) is 18.9 Å². The molecule has 0 aromatic heterocycles. The summed E-state index contributed by atoms with van der Waals surface area (Å²) in [5, 5.41) is 0. The fourth-order valence-corrected chi connectivity index (χ4v) is 2.42. The molecule has 5 heteroatoms. The van der Waals surface area contributed by atoms with Crippen molar-refractivity contribution in [1.82, 2.24) is 0 Å². The Morgan fingerprint density at radius 2 is 1.50 bits per heavy atom. The largest absolute Gasteiger partial charge is 0.493 e. The minimum absolute atomic E-state index is 0.123. The average molecular weight is 356 g/mol. The first kappa shape index (κ1) is 19.4. The van der Waals surface area contributed by atoms with E-state index in [0.29, 0.717) is 22.8 Å². The Labute approximate surface area is 154 Å². The van der Waals surface area contributed by atoms with Crippen LogP contribution in [0.2, 0.25) is 0 Å². The van der Waals surface area contributed by atoms with E-state index < -0.39 is 0 Å². The van der Waals surface area contributed by atoms with Crippen molar-refractivity contribution < 1.29 is 23.7 Å². The standard InChI is InChI=1S/C21H24O5/c1-14(2)26-17-9-6-15(7-10-17)8-11-18(22)16-12-19(23-3)21(25-5)20(13-16)24-4/h6-14H,1-5H3/b11-8+. The third-order valence-electron chi connectivity index (χ3n) is 3.63. The highest BCUT2D eigenvalue weighted by Crippen LogP contribution is 2.38. The van der Waals surface area contributed by atoms with Crippen LogP contribution in [0.25, 0.3) is 6.08 Å². The molecule has 0 saturated carbocycles. The first-order chi connectivity index (χ1) is 12.5. The molecule has 0 bridgehead atoms. The van der Waals surface area contributed by atoms with Crippen LogP contribution in [0.4, 0.5) is 0 Å². The van der Waals surface area contributed by atoms with Crippen molar-refractivity contribution in [2.75, 3.05) is 21.3 Å². The highest BCUT2D eigenvalue weighted by Gasteiger charge is 2.15. The Bertz CT molecular complexity index is 750. The summed E-state index contributed by atoms with van der Waals surface area (Å²) in [4.78, 5) is 12.5. The number of allylic oxidation sites excluding steroid dienone is 1. The summed E-state index contributed by atoms with van der Waals surface area (Å²) >= 11 is 0. The van der Waals surface area contributed by atoms with Crippen molar-refractivity contribution in [1.29, 1.82) is 0 Å². The van der Waals surface area contributed by atoms with Crippen LogP contribution in [0.1, 0.15) is 29.8 Å². The number of methoxy groups -OCH3 is 3. The predicted octanol–water partition coefficient (Wildman–Crippen LogP) is 4.40. The molecule has 0 aliphatic heterocycles. The Hall–Kier alpha value is -2.95. The van der Waals surface area contributed by atoms with Crippen LogP contribution in [-0.4, -0.2) is 33.2 Å². The van der Waals surface area contributed by atoms with E-state index in [9.17, 15) is 4.79 Å². The summed E-state index contributed by atoms with van der Waals surface area (Å²) in [5.41, 5.74) is 1.36. The highest BCUT2D eigenvalue weighted by atomic mass is 16.5. The normalized spacial score (nSPS) is 10.8. The quantitative estimate of drug-likeness (QED) is 0.518. The molecule has 0 N–H and O–H groups in total. The van der Waals surface area contributed by atoms with E-state index in [2.05, 4.69) is 0 Å². The molecule has 0 aliphatic rings. The zero-order valence-corrected chi connectivity index (χ0v) is 15.7. The zero-order chi connectivity index (χ0) is 19.1. The molecule has 2 aromatic carbocycles. The summed E-state index contributed by atoms with van der Waals surface area (Å²) in [6.45, 7) is 3.95. The predicted molar refractivity (Wildman–Crippen MR) is 102 cm³/mol. The first-order valence-corrected chi connectivity index (χ1v) is 8.27. The van der Waals surface area contributed by atoms with Gasteiger partial charge in [0.05, 0.1) is 27.4 Å². The third-order valence-corrected chi connectivity index (χ3v) is 3.63. The van der Waals surface area contributed by atoms with Crippen molar-refractivity contribution in [3.05, 3.63) is 53.6 Å². The average Bonchev–Trinajstić information content (AvgIpc) is 2.65. The molecule has 0 amide bonds. The number of carbonyl (C=O) groups is 1. The van der Waals surface area contributed by atoms with Crippen molar-refractivity contribution in [2.45, 2.75) is 20.0 Å². The van der Waals surface area contributed by atoms with Crippen molar-refractivity contribution in [3.63, 3.8) is 0 Å². The van der Waals surface area contributed by atoms with Gasteiger partial charge in [0.1, 0.15) is 5.75 Å². The number of rotatable bonds is 8. The van der Waals surface area contributed by atoms with Gasteiger partial charge in [-0.1, -0.05) is 18.2 Å². The minimum Gasteiger partial charge on any atom is -0.493 e. The lowest BCUT2D eigenvalue weighted by Crippen LogP contribution is -2.05. The van der Waals surface area contributed by atoms with Gasteiger partial charge < -0.3 is 18.9 Å². The molecular weight excluding hydrogens is 332 g/mol. The van der Waals surface area contributed by atoms with Crippen LogP contribution in [0.15, 0.2) is 42.5 Å². The number of hydrogen-bond acceptors (Lipinski definition) is 5. The van der Waals surface area contributed by atoms with Gasteiger partial charge in [0.25, 0.3) is 0 Å². The molecule has 0 spiro atoms. The maximum Gasteiger partial charge on any atom is 0.203 e. The summed E-state index contributed by atoms with van der Waals surface area (Å²) in [6, 6.07) is 10.8. The number of ketones is 1. The first-order valence-electron chi connectivity index (χ1n) is 8.27. The van der Waals surface area contributed by atoms with Crippen molar-refractivity contribution in [3.8, 4) is 23.0 Å². The van der Waals surface area contributed by atoms with E-state index in [0.717, 1.165) is 11.3 Å². The molecule has 0 unspecified atom stereocenters. The van der Waals surface area contributed by atoms with Crippen LogP contribution >= 0.6 is 0 Å². The smallest absolute Gasteiger partial charge is 0.203 e. The summed E-state index contributed by atoms with van der Waals surface area (Å²) < 4.78 is 21.4. The van der Waals surface area contributed by atoms with Crippen molar-refractivity contribution >= 4 is 11.9 Å². The zero-order valence-electron chi connectivity index (χ0n) is 15.7. The fraction of sp³-hybridized carbons (Fsp3) is 0.286. The Morgan fingerprint density at radius 3 is 1.96 bits per heavy atom. The summed E-state index contributed by atoms with van der Waals surface area (Å²) in [5.74, 6) is 1.98. The number of ether oxygens (including phenoxy) is 4. The molecule has 0 aliphatic carbocycles. The van der Waals surface area contributed by atoms with Gasteiger partial charge in [0.15, 0.2) is 17.3 Å². The molecule has 2 aromatic rings. The molecule has 0 radical (unpaired) electrons. The Kier molecular flexibility index (Phi) is 6.67. The number of benzene rings is 2. The molecule has 26 heavy (non-hydrogen) atoms. The summed E-state index contributed by atoms with van der Waals surface area (Å²) in [7, 11) is 4.55. The molecule has 0 heterocycles. The Morgan fingerprint density at radius 1 is 0.923 bits per heavy atom. The van der Waals surface area contributed by atoms with Crippen LogP contribution < -0.4 is 18.9 Å². The minimum atomic E-state index is -0.160. The molecular formula is C21H24O5. The maximum atomic E-state index is 12.5. The fourth-order valence-electron chi connectivity index (χ4n) is 2.42. The molecule has 0 fully saturated rings. The van der Waals surface area contributed by atoms with Gasteiger partial charge in [0, 0.05) is 5.56 Å². The highest BCUT2D eigenvalue weighted by molar-refractivity contribution is 6.07. The molecule has 0 atom stereocenters. The van der Waals surface area contributed by atoms with Crippen molar-refractivity contribution in [2.24, 2.45) is 0 Å². The van der Waals surface area contributed by atoms with E-state index >= 15 is 0 Å². The molecule has 2 rings (SSSR count). The van der Waals surface area contributed by atoms with E-state index in [-0.39, 0.29) is 11.9 Å². The molecule has 5 nitrogen and oxygen atoms in total. The van der Waals surface area contributed by atoms with Gasteiger partial charge in [-0.2, -0.15) is 0 Å². The van der Waals surface area contributed by atoms with Crippen LogP contribution in [0, 0.1) is 0 Å². The lowest BCUT2D eigenvalue weighted by atomic mass is 10.1. The lowest BCUT2D eigenvalue weighted by Gasteiger charge is -2.13. The second kappa shape index (κ2) is 8.94. The monoisotopic (exact) mass is 356 g/mol. The summed E-state index contributed by atoms with van der Waals surface area (Å²) in [6.07, 6.45) is 3.39. The van der Waals surface area contributed by atoms with Crippen LogP contribution in [0.5, 0.6) is 23.0 Å². The maximum absolute atomic E-state index is 12.5. The second-order valence-electron chi connectivity index (χ2n) is 5.85. The van der Waals surface area contributed by atoms with Gasteiger partial charge >= 0.3 is 0 Å². The molecule has 0 saturated heterocycles. The topological polar surface area (TPSA) is 54.0 Å². The SMILES string of the molecule is COc1cc(C(=O)/C=C/c2ccc(OC(C)C)cc2)cc(OC)c1OC. The van der Waals surface area contributed by atoms with Gasteiger partial charge in [0.2, 0.25) is 5.75 Å². The van der Waals surface area contributed by atoms with Crippen LogP contribution in [0.3, 0.4) is 0 Å². The van der Waals surface area contributed by atoms with Gasteiger partial charge in [-0.15, -0.1) is 0 Å². The van der Waals surface area contributed by atoms with E-state index in [1.54, 1.807) is 18.2 Å². The Balaban J connectivity index is 2.20. The van der Waals surface area contributed by atoms with Gasteiger partial charge in [-0.25, -0.2) is 0 Å². The van der Waals surface area contributed by atoms with E-state index in [1.165, 1.54) is 27.4 Å². The van der Waals surface area contributed by atoms with E-state index in [1.807, 2.05) is 38.1 Å². The van der Waals surface area contributed by atoms with Gasteiger partial charge in [-0.05, 0) is 49.8 Å². The second-order valence-corrected chi connectivity index (χ2v) is 5.85. The number of carbonyl (C=O) groups excluding carboxylic acids is 1. The van der Waals surface area contributed by atoms with Gasteiger partial charge in [-0.3, -0.25) is 4.79 Å².